The van der Waals surface area contributed by atoms with E-state index in [0.717, 1.165) is 11.1 Å². The maximum Gasteiger partial charge on any atom is 0.254 e. The van der Waals surface area contributed by atoms with Crippen LogP contribution in [0.3, 0.4) is 0 Å². The number of hydrogen-bond acceptors (Lipinski definition) is 4. The molecule has 3 rings (SSSR count). The van der Waals surface area contributed by atoms with E-state index in [2.05, 4.69) is 5.32 Å². The van der Waals surface area contributed by atoms with Crippen LogP contribution in [0.15, 0.2) is 48.5 Å². The Hall–Kier alpha value is -1.92. The Balaban J connectivity index is 1.48. The first-order valence-corrected chi connectivity index (χ1v) is 9.11. The Morgan fingerprint density at radius 1 is 1.12 bits per heavy atom. The van der Waals surface area contributed by atoms with Crippen LogP contribution in [0.1, 0.15) is 27.6 Å². The molecule has 138 valence electrons. The number of rotatable bonds is 6. The number of carbonyl (C=O) groups excluding carboxylic acids is 1. The normalized spacial score (nSPS) is 15.7. The molecule has 0 radical (unpaired) electrons. The van der Waals surface area contributed by atoms with Crippen LogP contribution < -0.4 is 5.32 Å². The summed E-state index contributed by atoms with van der Waals surface area (Å²) in [5.74, 6) is 0.0472. The summed E-state index contributed by atoms with van der Waals surface area (Å²) in [7, 11) is 0. The summed E-state index contributed by atoms with van der Waals surface area (Å²) in [4.78, 5) is 14.2. The van der Waals surface area contributed by atoms with Gasteiger partial charge < -0.3 is 20.1 Å². The first-order chi connectivity index (χ1) is 12.6. The van der Waals surface area contributed by atoms with Crippen molar-refractivity contribution in [2.45, 2.75) is 12.6 Å². The highest BCUT2D eigenvalue weighted by Gasteiger charge is 2.18. The monoisotopic (exact) mass is 374 g/mol. The molecule has 1 unspecified atom stereocenters. The molecule has 1 heterocycles. The molecular formula is C20H23ClN2O3. The molecule has 26 heavy (non-hydrogen) atoms. The largest absolute Gasteiger partial charge is 0.387 e. The highest BCUT2D eigenvalue weighted by atomic mass is 35.5. The van der Waals surface area contributed by atoms with Gasteiger partial charge in [0.2, 0.25) is 0 Å². The van der Waals surface area contributed by atoms with Crippen LogP contribution in [-0.4, -0.2) is 48.8 Å². The van der Waals surface area contributed by atoms with Crippen molar-refractivity contribution in [1.29, 1.82) is 0 Å². The van der Waals surface area contributed by atoms with Crippen LogP contribution in [0.5, 0.6) is 0 Å². The Morgan fingerprint density at radius 2 is 1.77 bits per heavy atom. The molecule has 6 heteroatoms. The van der Waals surface area contributed by atoms with E-state index in [1.54, 1.807) is 12.1 Å². The Morgan fingerprint density at radius 3 is 2.42 bits per heavy atom. The van der Waals surface area contributed by atoms with Crippen LogP contribution in [-0.2, 0) is 11.3 Å². The van der Waals surface area contributed by atoms with E-state index < -0.39 is 6.10 Å². The lowest BCUT2D eigenvalue weighted by Gasteiger charge is -2.26. The van der Waals surface area contributed by atoms with Crippen LogP contribution in [0.4, 0.5) is 0 Å². The molecule has 2 aromatic carbocycles. The van der Waals surface area contributed by atoms with Gasteiger partial charge in [0.25, 0.3) is 5.91 Å². The average molecular weight is 375 g/mol. The van der Waals surface area contributed by atoms with Crippen molar-refractivity contribution in [3.63, 3.8) is 0 Å². The maximum atomic E-state index is 12.4. The van der Waals surface area contributed by atoms with E-state index in [1.807, 2.05) is 41.3 Å². The predicted octanol–water partition coefficient (Wildman–Crippen LogP) is 2.64. The van der Waals surface area contributed by atoms with Gasteiger partial charge in [-0.2, -0.15) is 0 Å². The molecule has 2 N–H and O–H groups in total. The van der Waals surface area contributed by atoms with Gasteiger partial charge in [-0.15, -0.1) is 0 Å². The third-order valence-electron chi connectivity index (χ3n) is 4.42. The summed E-state index contributed by atoms with van der Waals surface area (Å²) in [6, 6.07) is 14.8. The predicted molar refractivity (Wildman–Crippen MR) is 101 cm³/mol. The van der Waals surface area contributed by atoms with E-state index in [9.17, 15) is 9.90 Å². The van der Waals surface area contributed by atoms with Crippen molar-refractivity contribution in [3.8, 4) is 0 Å². The molecule has 1 saturated heterocycles. The number of aliphatic hydroxyl groups is 1. The minimum absolute atomic E-state index is 0.0472. The van der Waals surface area contributed by atoms with Crippen molar-refractivity contribution in [2.24, 2.45) is 0 Å². The zero-order valence-corrected chi connectivity index (χ0v) is 15.3. The molecule has 1 aliphatic heterocycles. The molecule has 1 aliphatic rings. The Kier molecular flexibility index (Phi) is 6.63. The summed E-state index contributed by atoms with van der Waals surface area (Å²) in [6.45, 7) is 3.55. The van der Waals surface area contributed by atoms with Crippen LogP contribution in [0.25, 0.3) is 0 Å². The SMILES string of the molecule is O=C(c1ccc(CNCC(O)c2ccc(Cl)cc2)cc1)N1CCOCC1. The lowest BCUT2D eigenvalue weighted by atomic mass is 10.1. The number of nitrogens with zero attached hydrogens (tertiary/aromatic N) is 1. The van der Waals surface area contributed by atoms with Gasteiger partial charge in [-0.3, -0.25) is 4.79 Å². The number of morpholine rings is 1. The van der Waals surface area contributed by atoms with Crippen LogP contribution in [0.2, 0.25) is 5.02 Å². The van der Waals surface area contributed by atoms with Gasteiger partial charge in [0, 0.05) is 36.8 Å². The zero-order valence-electron chi connectivity index (χ0n) is 14.5. The minimum atomic E-state index is -0.588. The van der Waals surface area contributed by atoms with E-state index in [4.69, 9.17) is 16.3 Å². The number of nitrogens with one attached hydrogen (secondary N) is 1. The number of ether oxygens (including phenoxy) is 1. The molecule has 5 nitrogen and oxygen atoms in total. The second-order valence-corrected chi connectivity index (χ2v) is 6.74. The molecule has 0 bridgehead atoms. The van der Waals surface area contributed by atoms with Crippen molar-refractivity contribution >= 4 is 17.5 Å². The van der Waals surface area contributed by atoms with E-state index in [0.29, 0.717) is 50.0 Å². The molecule has 0 aliphatic carbocycles. The third kappa shape index (κ3) is 5.05. The van der Waals surface area contributed by atoms with Gasteiger partial charge >= 0.3 is 0 Å². The topological polar surface area (TPSA) is 61.8 Å². The Bertz CT molecular complexity index is 713. The average Bonchev–Trinajstić information content (AvgIpc) is 2.69. The van der Waals surface area contributed by atoms with Crippen LogP contribution in [0, 0.1) is 0 Å². The summed E-state index contributed by atoms with van der Waals surface area (Å²) >= 11 is 5.85. The molecule has 0 aromatic heterocycles. The summed E-state index contributed by atoms with van der Waals surface area (Å²) in [6.07, 6.45) is -0.588. The first-order valence-electron chi connectivity index (χ1n) is 8.74. The number of halogens is 1. The van der Waals surface area contributed by atoms with Gasteiger partial charge in [-0.25, -0.2) is 0 Å². The van der Waals surface area contributed by atoms with E-state index in [-0.39, 0.29) is 5.91 Å². The molecule has 1 atom stereocenters. The van der Waals surface area contributed by atoms with Gasteiger partial charge in [0.15, 0.2) is 0 Å². The minimum Gasteiger partial charge on any atom is -0.387 e. The number of aliphatic hydroxyl groups excluding tert-OH is 1. The fourth-order valence-corrected chi connectivity index (χ4v) is 3.00. The van der Waals surface area contributed by atoms with Gasteiger partial charge in [0.05, 0.1) is 19.3 Å². The standard InChI is InChI=1S/C20H23ClN2O3/c21-18-7-5-16(6-8-18)19(24)14-22-13-15-1-3-17(4-2-15)20(25)23-9-11-26-12-10-23/h1-8,19,22,24H,9-14H2. The summed E-state index contributed by atoms with van der Waals surface area (Å²) < 4.78 is 5.28. The van der Waals surface area contributed by atoms with Crippen molar-refractivity contribution in [1.82, 2.24) is 10.2 Å². The summed E-state index contributed by atoms with van der Waals surface area (Å²) in [5, 5.41) is 14.1. The first kappa shape index (κ1) is 18.9. The molecule has 1 fully saturated rings. The Labute approximate surface area is 158 Å². The second-order valence-electron chi connectivity index (χ2n) is 6.30. The highest BCUT2D eigenvalue weighted by Crippen LogP contribution is 2.16. The second kappa shape index (κ2) is 9.14. The van der Waals surface area contributed by atoms with Crippen LogP contribution >= 0.6 is 11.6 Å². The summed E-state index contributed by atoms with van der Waals surface area (Å²) in [5.41, 5.74) is 2.58. The van der Waals surface area contributed by atoms with Crippen molar-refractivity contribution in [3.05, 3.63) is 70.2 Å². The fraction of sp³-hybridized carbons (Fsp3) is 0.350. The number of benzene rings is 2. The lowest BCUT2D eigenvalue weighted by molar-refractivity contribution is 0.0303. The number of amides is 1. The number of carbonyl (C=O) groups is 1. The third-order valence-corrected chi connectivity index (χ3v) is 4.67. The lowest BCUT2D eigenvalue weighted by Crippen LogP contribution is -2.40. The zero-order chi connectivity index (χ0) is 18.4. The van der Waals surface area contributed by atoms with Gasteiger partial charge in [-0.05, 0) is 35.4 Å². The fourth-order valence-electron chi connectivity index (χ4n) is 2.87. The smallest absolute Gasteiger partial charge is 0.254 e. The van der Waals surface area contributed by atoms with Gasteiger partial charge in [0.1, 0.15) is 0 Å². The molecule has 2 aromatic rings. The number of hydrogen-bond donors (Lipinski definition) is 2. The van der Waals surface area contributed by atoms with E-state index in [1.165, 1.54) is 0 Å². The van der Waals surface area contributed by atoms with E-state index >= 15 is 0 Å². The van der Waals surface area contributed by atoms with Crippen molar-refractivity contribution in [2.75, 3.05) is 32.8 Å². The highest BCUT2D eigenvalue weighted by molar-refractivity contribution is 6.30. The molecule has 0 saturated carbocycles. The molecule has 1 amide bonds. The molecule has 0 spiro atoms. The maximum absolute atomic E-state index is 12.4. The van der Waals surface area contributed by atoms with Crippen molar-refractivity contribution < 1.29 is 14.6 Å². The van der Waals surface area contributed by atoms with Gasteiger partial charge in [-0.1, -0.05) is 35.9 Å². The quantitative estimate of drug-likeness (QED) is 0.816. The molecular weight excluding hydrogens is 352 g/mol.